The molecule has 5 nitrogen and oxygen atoms in total. The van der Waals surface area contributed by atoms with Gasteiger partial charge in [-0.2, -0.15) is 0 Å². The van der Waals surface area contributed by atoms with Gasteiger partial charge in [0, 0.05) is 13.1 Å². The minimum Gasteiger partial charge on any atom is -0.387 e. The molecule has 1 heterocycles. The Balaban J connectivity index is 2.54. The summed E-state index contributed by atoms with van der Waals surface area (Å²) in [5, 5.41) is 14.1. The molecule has 1 rings (SSSR count). The molecule has 0 saturated heterocycles. The Hall–Kier alpha value is -0.850. The Morgan fingerprint density at radius 3 is 2.76 bits per heavy atom. The molecule has 17 heavy (non-hydrogen) atoms. The van der Waals surface area contributed by atoms with Crippen LogP contribution in [0.25, 0.3) is 0 Å². The van der Waals surface area contributed by atoms with Crippen molar-refractivity contribution in [1.29, 1.82) is 0 Å². The van der Waals surface area contributed by atoms with Crippen molar-refractivity contribution in [2.45, 2.75) is 17.6 Å². The molecule has 0 aliphatic carbocycles. The van der Waals surface area contributed by atoms with E-state index in [1.165, 1.54) is 0 Å². The maximum atomic E-state index is 10.1. The monoisotopic (exact) mass is 256 g/mol. The number of hydrogen-bond donors (Lipinski definition) is 2. The molecule has 96 valence electrons. The predicted octanol–water partition coefficient (Wildman–Crippen LogP) is 0.923. The first-order valence-electron chi connectivity index (χ1n) is 5.40. The van der Waals surface area contributed by atoms with Crippen LogP contribution in [0.2, 0.25) is 0 Å². The first-order valence-corrected chi connectivity index (χ1v) is 6.62. The minimum atomic E-state index is -0.791. The van der Waals surface area contributed by atoms with Gasteiger partial charge in [-0.3, -0.25) is 4.98 Å². The van der Waals surface area contributed by atoms with Crippen molar-refractivity contribution in [2.24, 2.45) is 0 Å². The van der Waals surface area contributed by atoms with Crippen LogP contribution in [-0.2, 0) is 0 Å². The topological polar surface area (TPSA) is 61.3 Å². The highest BCUT2D eigenvalue weighted by molar-refractivity contribution is 7.98. The van der Waals surface area contributed by atoms with E-state index in [2.05, 4.69) is 15.3 Å². The third-order valence-corrected chi connectivity index (χ3v) is 2.74. The first-order chi connectivity index (χ1) is 7.93. The molecular weight excluding hydrogens is 236 g/mol. The summed E-state index contributed by atoms with van der Waals surface area (Å²) in [5.41, 5.74) is -0.791. The second kappa shape index (κ2) is 6.18. The highest BCUT2D eigenvalue weighted by atomic mass is 32.2. The van der Waals surface area contributed by atoms with Crippen LogP contribution in [0, 0.1) is 0 Å². The van der Waals surface area contributed by atoms with Gasteiger partial charge in [0.25, 0.3) is 0 Å². The highest BCUT2D eigenvalue weighted by Crippen LogP contribution is 2.13. The van der Waals surface area contributed by atoms with Crippen LogP contribution in [0.1, 0.15) is 6.92 Å². The molecule has 0 saturated carbocycles. The smallest absolute Gasteiger partial charge is 0.145 e. The number of nitrogens with one attached hydrogen (secondary N) is 1. The molecular formula is C11H20N4OS. The highest BCUT2D eigenvalue weighted by Gasteiger charge is 2.21. The van der Waals surface area contributed by atoms with E-state index in [1.807, 2.05) is 25.3 Å². The number of rotatable bonds is 6. The lowest BCUT2D eigenvalue weighted by atomic mass is 10.1. The fourth-order valence-corrected chi connectivity index (χ4v) is 1.91. The van der Waals surface area contributed by atoms with Crippen LogP contribution < -0.4 is 5.32 Å². The average molecular weight is 256 g/mol. The largest absolute Gasteiger partial charge is 0.387 e. The third kappa shape index (κ3) is 5.34. The molecule has 1 atom stereocenters. The lowest BCUT2D eigenvalue weighted by Crippen LogP contribution is -2.43. The van der Waals surface area contributed by atoms with E-state index < -0.39 is 5.60 Å². The van der Waals surface area contributed by atoms with E-state index in [9.17, 15) is 5.11 Å². The van der Waals surface area contributed by atoms with Gasteiger partial charge >= 0.3 is 0 Å². The first kappa shape index (κ1) is 14.2. The van der Waals surface area contributed by atoms with Gasteiger partial charge < -0.3 is 15.3 Å². The number of likely N-dealkylation sites (N-methyl/N-ethyl adjacent to an activating group) is 1. The molecule has 0 aliphatic rings. The maximum absolute atomic E-state index is 10.1. The molecule has 0 amide bonds. The number of aromatic nitrogens is 2. The molecule has 0 spiro atoms. The van der Waals surface area contributed by atoms with Crippen molar-refractivity contribution in [3.05, 3.63) is 12.4 Å². The fourth-order valence-electron chi connectivity index (χ4n) is 1.55. The number of thioether (sulfide) groups is 1. The van der Waals surface area contributed by atoms with Gasteiger partial charge in [-0.05, 0) is 27.3 Å². The van der Waals surface area contributed by atoms with Crippen molar-refractivity contribution in [1.82, 2.24) is 14.9 Å². The van der Waals surface area contributed by atoms with Crippen LogP contribution in [0.15, 0.2) is 17.4 Å². The summed E-state index contributed by atoms with van der Waals surface area (Å²) in [7, 11) is 3.87. The number of aliphatic hydroxyl groups is 1. The van der Waals surface area contributed by atoms with E-state index in [-0.39, 0.29) is 0 Å². The summed E-state index contributed by atoms with van der Waals surface area (Å²) in [5.74, 6) is 0.691. The number of anilines is 1. The van der Waals surface area contributed by atoms with Gasteiger partial charge in [0.1, 0.15) is 10.8 Å². The van der Waals surface area contributed by atoms with Crippen LogP contribution >= 0.6 is 11.8 Å². The van der Waals surface area contributed by atoms with Crippen LogP contribution in [0.4, 0.5) is 5.82 Å². The fraction of sp³-hybridized carbons (Fsp3) is 0.636. The Bertz CT molecular complexity index is 357. The Labute approximate surface area is 107 Å². The summed E-state index contributed by atoms with van der Waals surface area (Å²) in [6, 6.07) is 0. The van der Waals surface area contributed by atoms with Crippen LogP contribution in [-0.4, -0.2) is 59.0 Å². The van der Waals surface area contributed by atoms with Crippen LogP contribution in [0.5, 0.6) is 0 Å². The quantitative estimate of drug-likeness (QED) is 0.738. The normalized spacial score (nSPS) is 14.7. The molecule has 0 aliphatic heterocycles. The Kier molecular flexibility index (Phi) is 5.17. The standard InChI is InChI=1S/C11H20N4OS/c1-11(16,8-15(2)3)7-13-9-5-12-6-10(14-9)17-4/h5-6,16H,7-8H2,1-4H3,(H,13,14)/t11-/m1/s1. The lowest BCUT2D eigenvalue weighted by molar-refractivity contribution is 0.0459. The summed E-state index contributed by atoms with van der Waals surface area (Å²) < 4.78 is 0. The molecule has 0 radical (unpaired) electrons. The minimum absolute atomic E-state index is 0.442. The predicted molar refractivity (Wildman–Crippen MR) is 71.5 cm³/mol. The SMILES string of the molecule is CSc1cncc(NC[C@@](C)(O)CN(C)C)n1. The molecule has 0 aromatic carbocycles. The molecule has 2 N–H and O–H groups in total. The third-order valence-electron chi connectivity index (χ3n) is 2.13. The second-order valence-electron chi connectivity index (χ2n) is 4.53. The van der Waals surface area contributed by atoms with E-state index in [0.29, 0.717) is 18.9 Å². The van der Waals surface area contributed by atoms with Crippen molar-refractivity contribution in [2.75, 3.05) is 38.8 Å². The van der Waals surface area contributed by atoms with E-state index in [1.54, 1.807) is 31.1 Å². The Morgan fingerprint density at radius 2 is 2.18 bits per heavy atom. The Morgan fingerprint density at radius 1 is 1.47 bits per heavy atom. The van der Waals surface area contributed by atoms with Crippen molar-refractivity contribution >= 4 is 17.6 Å². The second-order valence-corrected chi connectivity index (χ2v) is 5.36. The van der Waals surface area contributed by atoms with Gasteiger partial charge in [-0.15, -0.1) is 11.8 Å². The van der Waals surface area contributed by atoms with Gasteiger partial charge in [-0.1, -0.05) is 0 Å². The van der Waals surface area contributed by atoms with Gasteiger partial charge in [0.2, 0.25) is 0 Å². The zero-order chi connectivity index (χ0) is 12.9. The maximum Gasteiger partial charge on any atom is 0.145 e. The molecule has 6 heteroatoms. The van der Waals surface area contributed by atoms with Crippen molar-refractivity contribution in [3.63, 3.8) is 0 Å². The number of hydrogen-bond acceptors (Lipinski definition) is 6. The molecule has 0 unspecified atom stereocenters. The molecule has 0 fully saturated rings. The van der Waals surface area contributed by atoms with E-state index in [4.69, 9.17) is 0 Å². The van der Waals surface area contributed by atoms with Gasteiger partial charge in [0.05, 0.1) is 18.0 Å². The van der Waals surface area contributed by atoms with E-state index >= 15 is 0 Å². The lowest BCUT2D eigenvalue weighted by Gasteiger charge is -2.27. The molecule has 1 aromatic rings. The van der Waals surface area contributed by atoms with Gasteiger partial charge in [-0.25, -0.2) is 4.98 Å². The van der Waals surface area contributed by atoms with Crippen LogP contribution in [0.3, 0.4) is 0 Å². The summed E-state index contributed by atoms with van der Waals surface area (Å²) in [4.78, 5) is 10.4. The zero-order valence-corrected chi connectivity index (χ0v) is 11.6. The van der Waals surface area contributed by atoms with Gasteiger partial charge in [0.15, 0.2) is 0 Å². The zero-order valence-electron chi connectivity index (χ0n) is 10.8. The number of nitrogens with zero attached hydrogens (tertiary/aromatic N) is 3. The molecule has 1 aromatic heterocycles. The van der Waals surface area contributed by atoms with E-state index in [0.717, 1.165) is 5.03 Å². The van der Waals surface area contributed by atoms with Crippen molar-refractivity contribution < 1.29 is 5.11 Å². The average Bonchev–Trinajstić information content (AvgIpc) is 2.25. The molecule has 0 bridgehead atoms. The van der Waals surface area contributed by atoms with Crippen molar-refractivity contribution in [3.8, 4) is 0 Å². The summed E-state index contributed by atoms with van der Waals surface area (Å²) in [6.45, 7) is 2.83. The summed E-state index contributed by atoms with van der Waals surface area (Å²) in [6.07, 6.45) is 5.33. The summed E-state index contributed by atoms with van der Waals surface area (Å²) >= 11 is 1.54.